The SMILES string of the molecule is Cc1cccc(C)c1-c1nc(C2CC2)c(Br)c(=O)[nH]1. The smallest absolute Gasteiger partial charge is 0.265 e. The van der Waals surface area contributed by atoms with E-state index in [0.29, 0.717) is 16.2 Å². The van der Waals surface area contributed by atoms with E-state index in [2.05, 4.69) is 25.9 Å². The Labute approximate surface area is 120 Å². The molecule has 1 N–H and O–H groups in total. The Kier molecular flexibility index (Phi) is 3.05. The van der Waals surface area contributed by atoms with Crippen molar-refractivity contribution in [2.24, 2.45) is 0 Å². The van der Waals surface area contributed by atoms with Gasteiger partial charge in [-0.05, 0) is 53.7 Å². The molecule has 4 heteroatoms. The lowest BCUT2D eigenvalue weighted by Crippen LogP contribution is -2.14. The predicted octanol–water partition coefficient (Wildman–Crippen LogP) is 3.69. The Balaban J connectivity index is 2.23. The average Bonchev–Trinajstić information content (AvgIpc) is 3.17. The van der Waals surface area contributed by atoms with Gasteiger partial charge in [0.15, 0.2) is 0 Å². The van der Waals surface area contributed by atoms with Gasteiger partial charge in [0.25, 0.3) is 5.56 Å². The Bertz CT molecular complexity index is 682. The van der Waals surface area contributed by atoms with Crippen molar-refractivity contribution in [1.29, 1.82) is 0 Å². The van der Waals surface area contributed by atoms with Gasteiger partial charge in [-0.15, -0.1) is 0 Å². The van der Waals surface area contributed by atoms with Crippen LogP contribution in [0.2, 0.25) is 0 Å². The summed E-state index contributed by atoms with van der Waals surface area (Å²) in [5.41, 5.74) is 4.12. The highest BCUT2D eigenvalue weighted by Crippen LogP contribution is 2.41. The Morgan fingerprint density at radius 1 is 1.26 bits per heavy atom. The van der Waals surface area contributed by atoms with Crippen molar-refractivity contribution < 1.29 is 0 Å². The number of hydrogen-bond acceptors (Lipinski definition) is 2. The number of H-pyrrole nitrogens is 1. The molecule has 0 bridgehead atoms. The maximum atomic E-state index is 12.0. The number of rotatable bonds is 2. The molecule has 0 unspecified atom stereocenters. The highest BCUT2D eigenvalue weighted by atomic mass is 79.9. The summed E-state index contributed by atoms with van der Waals surface area (Å²) in [5, 5.41) is 0. The van der Waals surface area contributed by atoms with Crippen LogP contribution in [0.15, 0.2) is 27.5 Å². The number of nitrogens with one attached hydrogen (secondary N) is 1. The molecule has 1 aromatic carbocycles. The molecule has 0 spiro atoms. The van der Waals surface area contributed by atoms with E-state index in [0.717, 1.165) is 35.2 Å². The van der Waals surface area contributed by atoms with Gasteiger partial charge in [-0.1, -0.05) is 18.2 Å². The van der Waals surface area contributed by atoms with Gasteiger partial charge in [0, 0.05) is 11.5 Å². The second-order valence-electron chi connectivity index (χ2n) is 5.15. The molecule has 2 aromatic rings. The number of halogens is 1. The second-order valence-corrected chi connectivity index (χ2v) is 5.95. The van der Waals surface area contributed by atoms with Crippen molar-refractivity contribution in [3.63, 3.8) is 0 Å². The average molecular weight is 319 g/mol. The van der Waals surface area contributed by atoms with Crippen molar-refractivity contribution in [1.82, 2.24) is 9.97 Å². The van der Waals surface area contributed by atoms with Gasteiger partial charge in [0.1, 0.15) is 10.3 Å². The van der Waals surface area contributed by atoms with Crippen LogP contribution < -0.4 is 5.56 Å². The van der Waals surface area contributed by atoms with E-state index in [-0.39, 0.29) is 5.56 Å². The van der Waals surface area contributed by atoms with Crippen molar-refractivity contribution in [3.8, 4) is 11.4 Å². The van der Waals surface area contributed by atoms with E-state index >= 15 is 0 Å². The Morgan fingerprint density at radius 3 is 2.47 bits per heavy atom. The Morgan fingerprint density at radius 2 is 1.89 bits per heavy atom. The highest BCUT2D eigenvalue weighted by Gasteiger charge is 2.29. The molecule has 0 amide bonds. The fraction of sp³-hybridized carbons (Fsp3) is 0.333. The zero-order valence-electron chi connectivity index (χ0n) is 11.0. The minimum atomic E-state index is -0.0884. The molecule has 1 aliphatic rings. The standard InChI is InChI=1S/C15H15BrN2O/c1-8-4-3-5-9(2)11(8)14-17-13(10-6-7-10)12(16)15(19)18-14/h3-5,10H,6-7H2,1-2H3,(H,17,18,19). The molecule has 1 aliphatic carbocycles. The molecule has 0 aliphatic heterocycles. The molecule has 1 saturated carbocycles. The molecule has 98 valence electrons. The largest absolute Gasteiger partial charge is 0.306 e. The highest BCUT2D eigenvalue weighted by molar-refractivity contribution is 9.10. The summed E-state index contributed by atoms with van der Waals surface area (Å²) < 4.78 is 0.588. The van der Waals surface area contributed by atoms with E-state index < -0.39 is 0 Å². The third-order valence-corrected chi connectivity index (χ3v) is 4.34. The first kappa shape index (κ1) is 12.6. The van der Waals surface area contributed by atoms with Gasteiger partial charge in [0.05, 0.1) is 5.69 Å². The first-order chi connectivity index (χ1) is 9.08. The van der Waals surface area contributed by atoms with E-state index in [1.54, 1.807) is 0 Å². The lowest BCUT2D eigenvalue weighted by molar-refractivity contribution is 0.957. The van der Waals surface area contributed by atoms with Crippen LogP contribution in [0.5, 0.6) is 0 Å². The summed E-state index contributed by atoms with van der Waals surface area (Å²) in [6.45, 7) is 4.09. The van der Waals surface area contributed by atoms with Crippen LogP contribution in [-0.2, 0) is 0 Å². The fourth-order valence-electron chi connectivity index (χ4n) is 2.41. The van der Waals surface area contributed by atoms with E-state index in [9.17, 15) is 4.79 Å². The normalized spacial score (nSPS) is 14.7. The molecule has 19 heavy (non-hydrogen) atoms. The van der Waals surface area contributed by atoms with Crippen LogP contribution in [0.25, 0.3) is 11.4 Å². The molecule has 1 fully saturated rings. The first-order valence-electron chi connectivity index (χ1n) is 6.44. The quantitative estimate of drug-likeness (QED) is 0.917. The number of aromatic amines is 1. The summed E-state index contributed by atoms with van der Waals surface area (Å²) in [4.78, 5) is 19.6. The first-order valence-corrected chi connectivity index (χ1v) is 7.23. The molecular weight excluding hydrogens is 304 g/mol. The van der Waals surface area contributed by atoms with Gasteiger partial charge >= 0.3 is 0 Å². The summed E-state index contributed by atoms with van der Waals surface area (Å²) in [6.07, 6.45) is 2.25. The van der Waals surface area contributed by atoms with Crippen molar-refractivity contribution in [3.05, 3.63) is 49.8 Å². The third-order valence-electron chi connectivity index (χ3n) is 3.57. The van der Waals surface area contributed by atoms with E-state index in [4.69, 9.17) is 0 Å². The number of nitrogens with zero attached hydrogens (tertiary/aromatic N) is 1. The fourth-order valence-corrected chi connectivity index (χ4v) is 2.92. The van der Waals surface area contributed by atoms with Crippen molar-refractivity contribution >= 4 is 15.9 Å². The zero-order chi connectivity index (χ0) is 13.6. The summed E-state index contributed by atoms with van der Waals surface area (Å²) in [6, 6.07) is 6.11. The minimum absolute atomic E-state index is 0.0884. The number of aryl methyl sites for hydroxylation is 2. The van der Waals surface area contributed by atoms with Gasteiger partial charge in [0.2, 0.25) is 0 Å². The van der Waals surface area contributed by atoms with Gasteiger partial charge in [-0.25, -0.2) is 4.98 Å². The molecule has 1 heterocycles. The Hall–Kier alpha value is -1.42. The van der Waals surface area contributed by atoms with Crippen LogP contribution in [0.1, 0.15) is 35.6 Å². The second kappa shape index (κ2) is 4.60. The van der Waals surface area contributed by atoms with Gasteiger partial charge in [-0.2, -0.15) is 0 Å². The third kappa shape index (κ3) is 2.25. The summed E-state index contributed by atoms with van der Waals surface area (Å²) in [7, 11) is 0. The van der Waals surface area contributed by atoms with Crippen LogP contribution in [0.4, 0.5) is 0 Å². The topological polar surface area (TPSA) is 45.8 Å². The van der Waals surface area contributed by atoms with Gasteiger partial charge < -0.3 is 4.98 Å². The minimum Gasteiger partial charge on any atom is -0.306 e. The predicted molar refractivity (Wildman–Crippen MR) is 79.4 cm³/mol. The summed E-state index contributed by atoms with van der Waals surface area (Å²) >= 11 is 3.36. The van der Waals surface area contributed by atoms with Crippen LogP contribution in [-0.4, -0.2) is 9.97 Å². The number of hydrogen-bond donors (Lipinski definition) is 1. The maximum absolute atomic E-state index is 12.0. The molecule has 0 radical (unpaired) electrons. The summed E-state index contributed by atoms with van der Waals surface area (Å²) in [5.74, 6) is 1.13. The molecule has 1 aromatic heterocycles. The number of aromatic nitrogens is 2. The van der Waals surface area contributed by atoms with Crippen molar-refractivity contribution in [2.45, 2.75) is 32.6 Å². The van der Waals surface area contributed by atoms with Crippen molar-refractivity contribution in [2.75, 3.05) is 0 Å². The van der Waals surface area contributed by atoms with Crippen LogP contribution in [0.3, 0.4) is 0 Å². The van der Waals surface area contributed by atoms with Gasteiger partial charge in [-0.3, -0.25) is 4.79 Å². The molecule has 3 nitrogen and oxygen atoms in total. The van der Waals surface area contributed by atoms with Crippen LogP contribution in [0, 0.1) is 13.8 Å². The molecule has 0 saturated heterocycles. The lowest BCUT2D eigenvalue weighted by Gasteiger charge is -2.11. The van der Waals surface area contributed by atoms with E-state index in [1.807, 2.05) is 32.0 Å². The molecule has 3 rings (SSSR count). The maximum Gasteiger partial charge on any atom is 0.265 e. The molecule has 0 atom stereocenters. The zero-order valence-corrected chi connectivity index (χ0v) is 12.5. The van der Waals surface area contributed by atoms with Crippen LogP contribution >= 0.6 is 15.9 Å². The molecular formula is C15H15BrN2O. The lowest BCUT2D eigenvalue weighted by atomic mass is 10.0. The van der Waals surface area contributed by atoms with E-state index in [1.165, 1.54) is 0 Å². The number of benzene rings is 1. The monoisotopic (exact) mass is 318 g/mol.